The number of nitrogens with zero attached hydrogens (tertiary/aromatic N) is 1. The van der Waals surface area contributed by atoms with E-state index in [0.29, 0.717) is 12.3 Å². The molecular formula is C12H22N2O2. The second-order valence-corrected chi connectivity index (χ2v) is 4.96. The molecule has 0 radical (unpaired) electrons. The molecule has 1 unspecified atom stereocenters. The maximum Gasteiger partial charge on any atom is 0.222 e. The van der Waals surface area contributed by atoms with Crippen LogP contribution in [0.4, 0.5) is 0 Å². The number of amides is 1. The van der Waals surface area contributed by atoms with Gasteiger partial charge in [0.2, 0.25) is 5.91 Å². The van der Waals surface area contributed by atoms with E-state index >= 15 is 0 Å². The van der Waals surface area contributed by atoms with Gasteiger partial charge in [-0.2, -0.15) is 0 Å². The summed E-state index contributed by atoms with van der Waals surface area (Å²) in [5.41, 5.74) is 0. The van der Waals surface area contributed by atoms with Crippen molar-refractivity contribution in [1.82, 2.24) is 10.2 Å². The van der Waals surface area contributed by atoms with Crippen LogP contribution in [0.1, 0.15) is 32.1 Å². The van der Waals surface area contributed by atoms with Gasteiger partial charge in [-0.25, -0.2) is 0 Å². The van der Waals surface area contributed by atoms with Gasteiger partial charge in [0.1, 0.15) is 0 Å². The van der Waals surface area contributed by atoms with Gasteiger partial charge in [0.05, 0.1) is 12.6 Å². The summed E-state index contributed by atoms with van der Waals surface area (Å²) in [7, 11) is 0. The lowest BCUT2D eigenvalue weighted by molar-refractivity contribution is -0.133. The normalized spacial score (nSPS) is 29.9. The number of likely N-dealkylation sites (tertiary alicyclic amines) is 1. The molecular weight excluding hydrogens is 204 g/mol. The van der Waals surface area contributed by atoms with Gasteiger partial charge in [-0.05, 0) is 44.7 Å². The van der Waals surface area contributed by atoms with Gasteiger partial charge in [-0.1, -0.05) is 0 Å². The number of aliphatic hydroxyl groups excluding tert-OH is 1. The second kappa shape index (κ2) is 5.64. The Morgan fingerprint density at radius 3 is 3.00 bits per heavy atom. The molecule has 2 atom stereocenters. The SMILES string of the molecule is O=C(CCC1CCNC1)N1CCC[C@H]1CO. The molecule has 2 aliphatic heterocycles. The first-order valence-corrected chi connectivity index (χ1v) is 6.42. The van der Waals surface area contributed by atoms with Crippen molar-refractivity contribution >= 4 is 5.91 Å². The van der Waals surface area contributed by atoms with E-state index in [1.54, 1.807) is 0 Å². The third-order valence-electron chi connectivity index (χ3n) is 3.84. The predicted octanol–water partition coefficient (Wildman–Crippen LogP) is 0.359. The highest BCUT2D eigenvalue weighted by Gasteiger charge is 2.28. The first-order valence-electron chi connectivity index (χ1n) is 6.42. The molecule has 0 aromatic rings. The monoisotopic (exact) mass is 226 g/mol. The Balaban J connectivity index is 1.74. The third-order valence-corrected chi connectivity index (χ3v) is 3.84. The standard InChI is InChI=1S/C12H22N2O2/c15-9-11-2-1-7-14(11)12(16)4-3-10-5-6-13-8-10/h10-11,13,15H,1-9H2/t10?,11-/m0/s1. The lowest BCUT2D eigenvalue weighted by atomic mass is 10.0. The smallest absolute Gasteiger partial charge is 0.222 e. The van der Waals surface area contributed by atoms with Crippen molar-refractivity contribution in [3.63, 3.8) is 0 Å². The number of carbonyl (C=O) groups is 1. The summed E-state index contributed by atoms with van der Waals surface area (Å²) < 4.78 is 0. The molecule has 2 aliphatic rings. The molecule has 2 fully saturated rings. The van der Waals surface area contributed by atoms with Crippen molar-refractivity contribution in [1.29, 1.82) is 0 Å². The predicted molar refractivity (Wildman–Crippen MR) is 62.0 cm³/mol. The van der Waals surface area contributed by atoms with Crippen LogP contribution in [0.25, 0.3) is 0 Å². The number of hydrogen-bond donors (Lipinski definition) is 2. The molecule has 2 heterocycles. The molecule has 2 saturated heterocycles. The molecule has 16 heavy (non-hydrogen) atoms. The van der Waals surface area contributed by atoms with E-state index in [1.807, 2.05) is 4.90 Å². The Bertz CT molecular complexity index is 239. The highest BCUT2D eigenvalue weighted by Crippen LogP contribution is 2.20. The molecule has 2 N–H and O–H groups in total. The minimum absolute atomic E-state index is 0.0919. The number of nitrogens with one attached hydrogen (secondary N) is 1. The average Bonchev–Trinajstić information content (AvgIpc) is 2.96. The summed E-state index contributed by atoms with van der Waals surface area (Å²) in [5.74, 6) is 0.919. The van der Waals surface area contributed by atoms with Crippen LogP contribution in [0.3, 0.4) is 0 Å². The molecule has 0 spiro atoms. The van der Waals surface area contributed by atoms with Crippen LogP contribution in [0, 0.1) is 5.92 Å². The van der Waals surface area contributed by atoms with Gasteiger partial charge >= 0.3 is 0 Å². The van der Waals surface area contributed by atoms with Crippen LogP contribution in [-0.4, -0.2) is 48.2 Å². The van der Waals surface area contributed by atoms with Crippen LogP contribution < -0.4 is 5.32 Å². The van der Waals surface area contributed by atoms with Gasteiger partial charge in [-0.15, -0.1) is 0 Å². The molecule has 1 amide bonds. The molecule has 0 aliphatic carbocycles. The summed E-state index contributed by atoms with van der Waals surface area (Å²) in [6.45, 7) is 3.13. The molecule has 4 heteroatoms. The minimum atomic E-state index is 0.0919. The summed E-state index contributed by atoms with van der Waals surface area (Å²) in [6, 6.07) is 0.0919. The zero-order valence-electron chi connectivity index (χ0n) is 9.82. The molecule has 2 rings (SSSR count). The van der Waals surface area contributed by atoms with E-state index in [2.05, 4.69) is 5.32 Å². The lowest BCUT2D eigenvalue weighted by Gasteiger charge is -2.23. The number of hydrogen-bond acceptors (Lipinski definition) is 3. The molecule has 4 nitrogen and oxygen atoms in total. The maximum absolute atomic E-state index is 12.0. The summed E-state index contributed by atoms with van der Waals surface area (Å²) >= 11 is 0. The largest absolute Gasteiger partial charge is 0.394 e. The zero-order valence-corrected chi connectivity index (χ0v) is 9.82. The Morgan fingerprint density at radius 1 is 1.44 bits per heavy atom. The molecule has 0 saturated carbocycles. The van der Waals surface area contributed by atoms with Gasteiger partial charge in [0, 0.05) is 13.0 Å². The third kappa shape index (κ3) is 2.74. The molecule has 0 aromatic heterocycles. The Hall–Kier alpha value is -0.610. The van der Waals surface area contributed by atoms with Gasteiger partial charge in [0.25, 0.3) is 0 Å². The highest BCUT2D eigenvalue weighted by molar-refractivity contribution is 5.76. The van der Waals surface area contributed by atoms with Crippen molar-refractivity contribution in [3.05, 3.63) is 0 Å². The van der Waals surface area contributed by atoms with Gasteiger partial charge in [0.15, 0.2) is 0 Å². The molecule has 92 valence electrons. The summed E-state index contributed by atoms with van der Waals surface area (Å²) in [6.07, 6.45) is 4.87. The van der Waals surface area contributed by atoms with Crippen molar-refractivity contribution in [3.8, 4) is 0 Å². The minimum Gasteiger partial charge on any atom is -0.394 e. The fourth-order valence-corrected chi connectivity index (χ4v) is 2.79. The highest BCUT2D eigenvalue weighted by atomic mass is 16.3. The Morgan fingerprint density at radius 2 is 2.31 bits per heavy atom. The van der Waals surface area contributed by atoms with Crippen LogP contribution in [0.15, 0.2) is 0 Å². The van der Waals surface area contributed by atoms with Crippen LogP contribution in [0.5, 0.6) is 0 Å². The maximum atomic E-state index is 12.0. The van der Waals surface area contributed by atoms with E-state index in [-0.39, 0.29) is 18.6 Å². The van der Waals surface area contributed by atoms with Crippen molar-refractivity contribution in [2.24, 2.45) is 5.92 Å². The second-order valence-electron chi connectivity index (χ2n) is 4.96. The summed E-state index contributed by atoms with van der Waals surface area (Å²) in [4.78, 5) is 13.8. The lowest BCUT2D eigenvalue weighted by Crippen LogP contribution is -2.37. The van der Waals surface area contributed by atoms with Gasteiger partial charge < -0.3 is 15.3 Å². The summed E-state index contributed by atoms with van der Waals surface area (Å²) in [5, 5.41) is 12.5. The van der Waals surface area contributed by atoms with Crippen LogP contribution in [0.2, 0.25) is 0 Å². The van der Waals surface area contributed by atoms with Crippen LogP contribution in [-0.2, 0) is 4.79 Å². The van der Waals surface area contributed by atoms with Crippen LogP contribution >= 0.6 is 0 Å². The van der Waals surface area contributed by atoms with Crippen molar-refractivity contribution < 1.29 is 9.90 Å². The fraction of sp³-hybridized carbons (Fsp3) is 0.917. The topological polar surface area (TPSA) is 52.6 Å². The zero-order chi connectivity index (χ0) is 11.4. The van der Waals surface area contributed by atoms with Gasteiger partial charge in [-0.3, -0.25) is 4.79 Å². The average molecular weight is 226 g/mol. The Kier molecular flexibility index (Phi) is 4.18. The number of rotatable bonds is 4. The molecule has 0 bridgehead atoms. The molecule has 0 aromatic carbocycles. The van der Waals surface area contributed by atoms with E-state index in [1.165, 1.54) is 6.42 Å². The van der Waals surface area contributed by atoms with Crippen molar-refractivity contribution in [2.75, 3.05) is 26.2 Å². The Labute approximate surface area is 97.0 Å². The van der Waals surface area contributed by atoms with E-state index in [9.17, 15) is 4.79 Å². The first kappa shape index (κ1) is 11.9. The number of carbonyl (C=O) groups excluding carboxylic acids is 1. The van der Waals surface area contributed by atoms with E-state index in [4.69, 9.17) is 5.11 Å². The first-order chi connectivity index (χ1) is 7.81. The fourth-order valence-electron chi connectivity index (χ4n) is 2.79. The van der Waals surface area contributed by atoms with Crippen molar-refractivity contribution in [2.45, 2.75) is 38.1 Å². The van der Waals surface area contributed by atoms with E-state index < -0.39 is 0 Å². The quantitative estimate of drug-likeness (QED) is 0.728. The number of aliphatic hydroxyl groups is 1. The van der Waals surface area contributed by atoms with E-state index in [0.717, 1.165) is 38.9 Å².